The lowest BCUT2D eigenvalue weighted by atomic mass is 10.2. The number of thiophene rings is 1. The summed E-state index contributed by atoms with van der Waals surface area (Å²) in [5, 5.41) is 11.9. The van der Waals surface area contributed by atoms with E-state index in [0.717, 1.165) is 48.2 Å². The maximum absolute atomic E-state index is 11.4. The summed E-state index contributed by atoms with van der Waals surface area (Å²) >= 11 is 1.16. The molecule has 1 aliphatic heterocycles. The quantitative estimate of drug-likeness (QED) is 0.293. The predicted molar refractivity (Wildman–Crippen MR) is 131 cm³/mol. The molecule has 1 unspecified atom stereocenters. The van der Waals surface area contributed by atoms with E-state index in [0.29, 0.717) is 12.6 Å². The summed E-state index contributed by atoms with van der Waals surface area (Å²) in [5.74, 6) is 0.740. The number of rotatable bonds is 6. The van der Waals surface area contributed by atoms with Crippen LogP contribution in [0, 0.1) is 6.92 Å². The zero-order chi connectivity index (χ0) is 20.1. The van der Waals surface area contributed by atoms with Gasteiger partial charge in [0.1, 0.15) is 4.21 Å². The molecule has 1 saturated heterocycles. The van der Waals surface area contributed by atoms with Gasteiger partial charge in [-0.05, 0) is 44.5 Å². The molecule has 0 bridgehead atoms. The van der Waals surface area contributed by atoms with Gasteiger partial charge in [-0.2, -0.15) is 0 Å². The van der Waals surface area contributed by atoms with Crippen LogP contribution in [0.15, 0.2) is 45.6 Å². The Bertz CT molecular complexity index is 928. The van der Waals surface area contributed by atoms with E-state index in [9.17, 15) is 8.42 Å². The van der Waals surface area contributed by atoms with Crippen molar-refractivity contribution in [1.29, 1.82) is 0 Å². The fraction of sp³-hybridized carbons (Fsp3) is 0.421. The minimum absolute atomic E-state index is 0. The molecule has 7 nitrogen and oxygen atoms in total. The average molecular weight is 550 g/mol. The van der Waals surface area contributed by atoms with Crippen molar-refractivity contribution in [2.75, 3.05) is 24.5 Å². The van der Waals surface area contributed by atoms with E-state index >= 15 is 0 Å². The molecule has 2 aromatic rings. The molecule has 0 radical (unpaired) electrons. The first-order chi connectivity index (χ1) is 13.3. The van der Waals surface area contributed by atoms with Gasteiger partial charge in [-0.15, -0.1) is 35.3 Å². The maximum atomic E-state index is 11.4. The largest absolute Gasteiger partial charge is 0.369 e. The zero-order valence-electron chi connectivity index (χ0n) is 16.6. The van der Waals surface area contributed by atoms with Crippen LogP contribution in [0.4, 0.5) is 5.69 Å². The second kappa shape index (κ2) is 10.6. The molecule has 4 N–H and O–H groups in total. The predicted octanol–water partition coefficient (Wildman–Crippen LogP) is 2.66. The highest BCUT2D eigenvalue weighted by atomic mass is 127. The molecule has 0 amide bonds. The number of aliphatic imine (C=N–C) groups is 1. The van der Waals surface area contributed by atoms with E-state index < -0.39 is 10.0 Å². The van der Waals surface area contributed by atoms with Gasteiger partial charge in [0, 0.05) is 36.2 Å². The third-order valence-electron chi connectivity index (χ3n) is 4.58. The first kappa shape index (κ1) is 23.9. The summed E-state index contributed by atoms with van der Waals surface area (Å²) in [4.78, 5) is 7.83. The van der Waals surface area contributed by atoms with Gasteiger partial charge in [0.25, 0.3) is 0 Å². The van der Waals surface area contributed by atoms with E-state index in [1.165, 1.54) is 17.3 Å². The Morgan fingerprint density at radius 2 is 2.00 bits per heavy atom. The Balaban J connectivity index is 0.00000300. The van der Waals surface area contributed by atoms with Crippen molar-refractivity contribution in [2.24, 2.45) is 10.1 Å². The minimum atomic E-state index is -3.65. The molecule has 1 aliphatic rings. The van der Waals surface area contributed by atoms with Gasteiger partial charge in [0.2, 0.25) is 10.0 Å². The van der Waals surface area contributed by atoms with Gasteiger partial charge in [-0.1, -0.05) is 17.7 Å². The van der Waals surface area contributed by atoms with E-state index in [-0.39, 0.29) is 28.2 Å². The number of anilines is 1. The second-order valence-corrected chi connectivity index (χ2v) is 9.83. The molecule has 1 fully saturated rings. The second-order valence-electron chi connectivity index (χ2n) is 6.87. The summed E-state index contributed by atoms with van der Waals surface area (Å²) in [6.45, 7) is 7.20. The van der Waals surface area contributed by atoms with Crippen LogP contribution < -0.4 is 20.7 Å². The lowest BCUT2D eigenvalue weighted by molar-refractivity contribution is 0.600. The molecular weight excluding hydrogens is 521 g/mol. The molecule has 3 rings (SSSR count). The lowest BCUT2D eigenvalue weighted by Gasteiger charge is -2.20. The van der Waals surface area contributed by atoms with E-state index in [1.807, 2.05) is 6.92 Å². The highest BCUT2D eigenvalue weighted by Crippen LogP contribution is 2.22. The van der Waals surface area contributed by atoms with E-state index in [2.05, 4.69) is 51.7 Å². The first-order valence-corrected chi connectivity index (χ1v) is 11.7. The molecule has 0 saturated carbocycles. The van der Waals surface area contributed by atoms with Gasteiger partial charge in [-0.3, -0.25) is 0 Å². The van der Waals surface area contributed by atoms with Crippen molar-refractivity contribution in [3.8, 4) is 0 Å². The molecule has 1 aromatic heterocycles. The van der Waals surface area contributed by atoms with Crippen LogP contribution in [-0.4, -0.2) is 40.1 Å². The number of hydrogen-bond acceptors (Lipinski definition) is 5. The standard InChI is InChI=1S/C19H27N5O2S2.HI/c1-3-21-19(22-12-17-8-9-18(27-17)28(20,25)26)23-15-10-11-24(13-15)16-6-4-14(2)5-7-16;/h4-9,15H,3,10-13H2,1-2H3,(H2,20,25,26)(H2,21,22,23);1H. The van der Waals surface area contributed by atoms with Crippen molar-refractivity contribution in [3.05, 3.63) is 46.8 Å². The molecule has 0 spiro atoms. The van der Waals surface area contributed by atoms with Crippen molar-refractivity contribution in [1.82, 2.24) is 10.6 Å². The Kier molecular flexibility index (Phi) is 8.73. The van der Waals surface area contributed by atoms with Crippen molar-refractivity contribution in [2.45, 2.75) is 37.1 Å². The number of benzene rings is 1. The molecule has 160 valence electrons. The van der Waals surface area contributed by atoms with Crippen molar-refractivity contribution >= 4 is 57.0 Å². The van der Waals surface area contributed by atoms with Gasteiger partial charge in [-0.25, -0.2) is 18.5 Å². The highest BCUT2D eigenvalue weighted by Gasteiger charge is 2.23. The number of hydrogen-bond donors (Lipinski definition) is 3. The van der Waals surface area contributed by atoms with Gasteiger partial charge in [0.15, 0.2) is 5.96 Å². The van der Waals surface area contributed by atoms with Crippen LogP contribution in [0.5, 0.6) is 0 Å². The summed E-state index contributed by atoms with van der Waals surface area (Å²) in [7, 11) is -3.65. The van der Waals surface area contributed by atoms with Crippen molar-refractivity contribution in [3.63, 3.8) is 0 Å². The number of aryl methyl sites for hydroxylation is 1. The molecule has 29 heavy (non-hydrogen) atoms. The molecule has 1 atom stereocenters. The fourth-order valence-corrected chi connectivity index (χ4v) is 4.84. The summed E-state index contributed by atoms with van der Waals surface area (Å²) in [5.41, 5.74) is 2.50. The van der Waals surface area contributed by atoms with Crippen LogP contribution in [-0.2, 0) is 16.6 Å². The molecule has 2 heterocycles. The summed E-state index contributed by atoms with van der Waals surface area (Å²) < 4.78 is 23.0. The topological polar surface area (TPSA) is 99.8 Å². The third-order valence-corrected chi connectivity index (χ3v) is 7.09. The van der Waals surface area contributed by atoms with Gasteiger partial charge < -0.3 is 15.5 Å². The van der Waals surface area contributed by atoms with E-state index in [4.69, 9.17) is 5.14 Å². The summed E-state index contributed by atoms with van der Waals surface area (Å²) in [6.07, 6.45) is 1.03. The van der Waals surface area contributed by atoms with Crippen molar-refractivity contribution < 1.29 is 8.42 Å². The van der Waals surface area contributed by atoms with Crippen LogP contribution >= 0.6 is 35.3 Å². The molecule has 10 heteroatoms. The lowest BCUT2D eigenvalue weighted by Crippen LogP contribution is -2.44. The SMILES string of the molecule is CCNC(=NCc1ccc(S(N)(=O)=O)s1)NC1CCN(c2ccc(C)cc2)C1.I. The monoisotopic (exact) mass is 549 g/mol. The number of sulfonamides is 1. The van der Waals surface area contributed by atoms with E-state index in [1.54, 1.807) is 6.07 Å². The summed E-state index contributed by atoms with van der Waals surface area (Å²) in [6, 6.07) is 12.2. The number of halogens is 1. The Hall–Kier alpha value is -1.37. The fourth-order valence-electron chi connectivity index (χ4n) is 3.13. The molecule has 1 aromatic carbocycles. The maximum Gasteiger partial charge on any atom is 0.247 e. The zero-order valence-corrected chi connectivity index (χ0v) is 20.6. The van der Waals surface area contributed by atoms with Crippen LogP contribution in [0.2, 0.25) is 0 Å². The number of primary sulfonamides is 1. The number of nitrogens with two attached hydrogens (primary N) is 1. The van der Waals surface area contributed by atoms with Crippen LogP contribution in [0.1, 0.15) is 23.8 Å². The van der Waals surface area contributed by atoms with Gasteiger partial charge in [0.05, 0.1) is 6.54 Å². The smallest absolute Gasteiger partial charge is 0.247 e. The van der Waals surface area contributed by atoms with Crippen LogP contribution in [0.3, 0.4) is 0 Å². The average Bonchev–Trinajstić information content (AvgIpc) is 3.30. The normalized spacial score (nSPS) is 17.1. The first-order valence-electron chi connectivity index (χ1n) is 9.33. The number of guanidine groups is 1. The number of nitrogens with zero attached hydrogens (tertiary/aromatic N) is 2. The number of nitrogens with one attached hydrogen (secondary N) is 2. The Morgan fingerprint density at radius 3 is 2.62 bits per heavy atom. The highest BCUT2D eigenvalue weighted by molar-refractivity contribution is 14.0. The third kappa shape index (κ3) is 6.83. The van der Waals surface area contributed by atoms with Crippen LogP contribution in [0.25, 0.3) is 0 Å². The Labute approximate surface area is 193 Å². The van der Waals surface area contributed by atoms with Gasteiger partial charge >= 0.3 is 0 Å². The molecule has 0 aliphatic carbocycles. The Morgan fingerprint density at radius 1 is 1.28 bits per heavy atom. The molecular formula is C19H28IN5O2S2. The minimum Gasteiger partial charge on any atom is -0.369 e.